The zero-order chi connectivity index (χ0) is 14.3. The summed E-state index contributed by atoms with van der Waals surface area (Å²) < 4.78 is 0. The van der Waals surface area contributed by atoms with E-state index in [1.807, 2.05) is 6.20 Å². The van der Waals surface area contributed by atoms with Gasteiger partial charge in [0.1, 0.15) is 5.82 Å². The molecule has 0 atom stereocenters. The van der Waals surface area contributed by atoms with Crippen LogP contribution in [0.4, 0.5) is 5.82 Å². The molecule has 2 nitrogen and oxygen atoms in total. The summed E-state index contributed by atoms with van der Waals surface area (Å²) in [5, 5.41) is 5.92. The fourth-order valence-electron chi connectivity index (χ4n) is 2.09. The highest BCUT2D eigenvalue weighted by molar-refractivity contribution is 5.92. The van der Waals surface area contributed by atoms with Gasteiger partial charge in [0.15, 0.2) is 0 Å². The minimum Gasteiger partial charge on any atom is -0.365 e. The van der Waals surface area contributed by atoms with E-state index in [1.54, 1.807) is 0 Å². The summed E-state index contributed by atoms with van der Waals surface area (Å²) in [7, 11) is 0. The predicted octanol–water partition coefficient (Wildman–Crippen LogP) is 4.74. The van der Waals surface area contributed by atoms with Crippen LogP contribution in [0.1, 0.15) is 47.1 Å². The normalized spacial score (nSPS) is 12.7. The highest BCUT2D eigenvalue weighted by Gasteiger charge is 2.16. The number of hydrogen-bond donors (Lipinski definition) is 1. The maximum absolute atomic E-state index is 4.50. The van der Waals surface area contributed by atoms with Crippen LogP contribution in [0.5, 0.6) is 0 Å². The van der Waals surface area contributed by atoms with E-state index >= 15 is 0 Å². The van der Waals surface area contributed by atoms with Crippen molar-refractivity contribution in [1.82, 2.24) is 4.98 Å². The van der Waals surface area contributed by atoms with Crippen molar-refractivity contribution in [3.05, 3.63) is 36.0 Å². The second-order valence-electron chi connectivity index (χ2n) is 7.22. The molecule has 1 heterocycles. The quantitative estimate of drug-likeness (QED) is 0.797. The SMILES string of the molecule is CC(C)(C)Nc1nccc2ccc(C(C)(C)C)cc12. The molecule has 0 amide bonds. The highest BCUT2D eigenvalue weighted by atomic mass is 15.0. The van der Waals surface area contributed by atoms with Gasteiger partial charge in [0, 0.05) is 17.1 Å². The topological polar surface area (TPSA) is 24.9 Å². The van der Waals surface area contributed by atoms with Crippen LogP contribution in [-0.4, -0.2) is 10.5 Å². The van der Waals surface area contributed by atoms with Gasteiger partial charge in [-0.25, -0.2) is 4.98 Å². The van der Waals surface area contributed by atoms with Crippen LogP contribution in [0.25, 0.3) is 10.8 Å². The summed E-state index contributed by atoms with van der Waals surface area (Å²) in [5.74, 6) is 0.969. The average Bonchev–Trinajstić information content (AvgIpc) is 2.25. The van der Waals surface area contributed by atoms with Crippen LogP contribution in [-0.2, 0) is 5.41 Å². The molecule has 0 bridgehead atoms. The standard InChI is InChI=1S/C17H24N2/c1-16(2,3)13-8-7-12-9-10-18-15(14(12)11-13)19-17(4,5)6/h7-11H,1-6H3,(H,18,19). The Bertz CT molecular complexity index is 586. The largest absolute Gasteiger partial charge is 0.365 e. The molecule has 0 aliphatic heterocycles. The number of nitrogens with zero attached hydrogens (tertiary/aromatic N) is 1. The number of rotatable bonds is 1. The Balaban J connectivity index is 2.59. The molecule has 19 heavy (non-hydrogen) atoms. The Labute approximate surface area is 116 Å². The fraction of sp³-hybridized carbons (Fsp3) is 0.471. The molecule has 0 unspecified atom stereocenters. The molecular formula is C17H24N2. The first-order valence-electron chi connectivity index (χ1n) is 6.84. The van der Waals surface area contributed by atoms with Crippen LogP contribution in [0.15, 0.2) is 30.5 Å². The van der Waals surface area contributed by atoms with Crippen molar-refractivity contribution in [1.29, 1.82) is 0 Å². The number of hydrogen-bond acceptors (Lipinski definition) is 2. The molecule has 1 aromatic heterocycles. The maximum Gasteiger partial charge on any atom is 0.134 e. The molecule has 0 aliphatic rings. The van der Waals surface area contributed by atoms with Gasteiger partial charge in [-0.3, -0.25) is 0 Å². The first kappa shape index (κ1) is 13.9. The molecule has 0 spiro atoms. The van der Waals surface area contributed by atoms with Gasteiger partial charge in [0.25, 0.3) is 0 Å². The molecule has 0 radical (unpaired) electrons. The van der Waals surface area contributed by atoms with Gasteiger partial charge in [-0.15, -0.1) is 0 Å². The van der Waals surface area contributed by atoms with E-state index in [1.165, 1.54) is 16.3 Å². The Morgan fingerprint density at radius 1 is 0.947 bits per heavy atom. The van der Waals surface area contributed by atoms with Gasteiger partial charge < -0.3 is 5.32 Å². The number of anilines is 1. The van der Waals surface area contributed by atoms with Crippen LogP contribution in [0, 0.1) is 0 Å². The van der Waals surface area contributed by atoms with Crippen molar-refractivity contribution in [2.24, 2.45) is 0 Å². The lowest BCUT2D eigenvalue weighted by molar-refractivity contribution is 0.591. The van der Waals surface area contributed by atoms with E-state index in [-0.39, 0.29) is 11.0 Å². The number of benzene rings is 1. The monoisotopic (exact) mass is 256 g/mol. The second kappa shape index (κ2) is 4.52. The van der Waals surface area contributed by atoms with Gasteiger partial charge >= 0.3 is 0 Å². The Morgan fingerprint density at radius 2 is 1.63 bits per heavy atom. The summed E-state index contributed by atoms with van der Waals surface area (Å²) in [6, 6.07) is 8.72. The third-order valence-corrected chi connectivity index (χ3v) is 3.13. The highest BCUT2D eigenvalue weighted by Crippen LogP contribution is 2.29. The Morgan fingerprint density at radius 3 is 2.21 bits per heavy atom. The van der Waals surface area contributed by atoms with Crippen LogP contribution in [0.3, 0.4) is 0 Å². The van der Waals surface area contributed by atoms with Crippen molar-refractivity contribution in [2.45, 2.75) is 52.5 Å². The first-order valence-corrected chi connectivity index (χ1v) is 6.84. The molecule has 0 fully saturated rings. The third-order valence-electron chi connectivity index (χ3n) is 3.13. The minimum absolute atomic E-state index is 0.0129. The van der Waals surface area contributed by atoms with E-state index in [2.05, 4.69) is 76.1 Å². The van der Waals surface area contributed by atoms with E-state index < -0.39 is 0 Å². The Kier molecular flexibility index (Phi) is 3.29. The molecule has 0 saturated heterocycles. The van der Waals surface area contributed by atoms with Gasteiger partial charge in [-0.1, -0.05) is 32.9 Å². The van der Waals surface area contributed by atoms with Crippen molar-refractivity contribution >= 4 is 16.6 Å². The number of pyridine rings is 1. The van der Waals surface area contributed by atoms with Crippen LogP contribution < -0.4 is 5.32 Å². The van der Waals surface area contributed by atoms with Gasteiger partial charge in [0.2, 0.25) is 0 Å². The van der Waals surface area contributed by atoms with Crippen molar-refractivity contribution in [3.63, 3.8) is 0 Å². The van der Waals surface area contributed by atoms with Crippen molar-refractivity contribution in [2.75, 3.05) is 5.32 Å². The third kappa shape index (κ3) is 3.25. The molecule has 0 aliphatic carbocycles. The smallest absolute Gasteiger partial charge is 0.134 e. The number of fused-ring (bicyclic) bond motifs is 1. The average molecular weight is 256 g/mol. The number of nitrogens with one attached hydrogen (secondary N) is 1. The zero-order valence-electron chi connectivity index (χ0n) is 12.8. The van der Waals surface area contributed by atoms with E-state index in [4.69, 9.17) is 0 Å². The second-order valence-corrected chi connectivity index (χ2v) is 7.22. The molecular weight excluding hydrogens is 232 g/mol. The lowest BCUT2D eigenvalue weighted by Crippen LogP contribution is -2.26. The van der Waals surface area contributed by atoms with Crippen molar-refractivity contribution < 1.29 is 0 Å². The lowest BCUT2D eigenvalue weighted by atomic mass is 9.86. The Hall–Kier alpha value is -1.57. The molecule has 2 heteroatoms. The van der Waals surface area contributed by atoms with E-state index in [0.717, 1.165) is 5.82 Å². The van der Waals surface area contributed by atoms with Crippen molar-refractivity contribution in [3.8, 4) is 0 Å². The maximum atomic E-state index is 4.50. The molecule has 2 aromatic rings. The summed E-state index contributed by atoms with van der Waals surface area (Å²) in [5.41, 5.74) is 1.51. The summed E-state index contributed by atoms with van der Waals surface area (Å²) >= 11 is 0. The van der Waals surface area contributed by atoms with Crippen LogP contribution >= 0.6 is 0 Å². The first-order chi connectivity index (χ1) is 8.67. The lowest BCUT2D eigenvalue weighted by Gasteiger charge is -2.24. The number of aromatic nitrogens is 1. The molecule has 1 aromatic carbocycles. The van der Waals surface area contributed by atoms with Gasteiger partial charge in [-0.05, 0) is 49.3 Å². The van der Waals surface area contributed by atoms with E-state index in [0.29, 0.717) is 0 Å². The summed E-state index contributed by atoms with van der Waals surface area (Å²) in [6.07, 6.45) is 1.87. The zero-order valence-corrected chi connectivity index (χ0v) is 12.8. The summed E-state index contributed by atoms with van der Waals surface area (Å²) in [4.78, 5) is 4.50. The summed E-state index contributed by atoms with van der Waals surface area (Å²) in [6.45, 7) is 13.2. The molecule has 1 N–H and O–H groups in total. The fourth-order valence-corrected chi connectivity index (χ4v) is 2.09. The predicted molar refractivity (Wildman–Crippen MR) is 83.8 cm³/mol. The molecule has 102 valence electrons. The van der Waals surface area contributed by atoms with Gasteiger partial charge in [0.05, 0.1) is 0 Å². The van der Waals surface area contributed by atoms with E-state index in [9.17, 15) is 0 Å². The van der Waals surface area contributed by atoms with Gasteiger partial charge in [-0.2, -0.15) is 0 Å². The molecule has 0 saturated carbocycles. The van der Waals surface area contributed by atoms with Crippen LogP contribution in [0.2, 0.25) is 0 Å². The molecule has 2 rings (SSSR count). The minimum atomic E-state index is 0.0129.